The monoisotopic (exact) mass is 242 g/mol. The number of hydrogen-bond donors (Lipinski definition) is 1. The normalized spacial score (nSPS) is 11.0. The third-order valence-electron chi connectivity index (χ3n) is 2.03. The molecule has 0 aromatic heterocycles. The van der Waals surface area contributed by atoms with Gasteiger partial charge in [-0.1, -0.05) is 36.4 Å². The molecular weight excluding hydrogens is 231 g/mol. The highest BCUT2D eigenvalue weighted by molar-refractivity contribution is 7.86. The van der Waals surface area contributed by atoms with E-state index in [4.69, 9.17) is 4.55 Å². The molecule has 1 atom stereocenters. The first kappa shape index (κ1) is 12.1. The Kier molecular flexibility index (Phi) is 3.45. The third-order valence-corrected chi connectivity index (χ3v) is 2.94. The highest BCUT2D eigenvalue weighted by Crippen LogP contribution is 2.21. The molecule has 1 N–H and O–H groups in total. The van der Waals surface area contributed by atoms with E-state index in [1.54, 1.807) is 30.3 Å². The number of benzene rings is 2. The van der Waals surface area contributed by atoms with Gasteiger partial charge in [0.05, 0.1) is 0 Å². The Labute approximate surface area is 91.5 Å². The molecule has 0 radical (unpaired) electrons. The van der Waals surface area contributed by atoms with Crippen LogP contribution in [0.3, 0.4) is 0 Å². The van der Waals surface area contributed by atoms with E-state index in [2.05, 4.69) is 0 Å². The standard InChI is InChI=1S/C10H8O3S.H3P/c11-14(12,13)10-7-3-5-8-4-1-2-6-9(8)10;/h1-7H,(H,11,12,13);1H3. The molecule has 1 unspecified atom stereocenters. The fraction of sp³-hybridized carbons (Fsp3) is 0. The zero-order valence-corrected chi connectivity index (χ0v) is 10.2. The summed E-state index contributed by atoms with van der Waals surface area (Å²) in [5.74, 6) is 0. The Morgan fingerprint density at radius 1 is 0.933 bits per heavy atom. The molecule has 0 bridgehead atoms. The molecule has 2 rings (SSSR count). The first-order chi connectivity index (χ1) is 6.59. The summed E-state index contributed by atoms with van der Waals surface area (Å²) in [6, 6.07) is 11.8. The van der Waals surface area contributed by atoms with Crippen LogP contribution >= 0.6 is 9.90 Å². The molecule has 0 heterocycles. The number of rotatable bonds is 1. The highest BCUT2D eigenvalue weighted by Gasteiger charge is 2.12. The Morgan fingerprint density at radius 2 is 1.53 bits per heavy atom. The van der Waals surface area contributed by atoms with Gasteiger partial charge in [0.1, 0.15) is 4.90 Å². The Bertz CT molecular complexity index is 573. The largest absolute Gasteiger partial charge is 0.295 e. The quantitative estimate of drug-likeness (QED) is 0.615. The fourth-order valence-electron chi connectivity index (χ4n) is 1.42. The van der Waals surface area contributed by atoms with Crippen molar-refractivity contribution in [3.63, 3.8) is 0 Å². The summed E-state index contributed by atoms with van der Waals surface area (Å²) in [5.41, 5.74) is 0. The van der Waals surface area contributed by atoms with E-state index in [0.29, 0.717) is 5.39 Å². The van der Waals surface area contributed by atoms with Gasteiger partial charge in [-0.3, -0.25) is 4.55 Å². The first-order valence-corrected chi connectivity index (χ1v) is 5.48. The molecule has 0 aliphatic carbocycles. The maximum Gasteiger partial charge on any atom is 0.295 e. The van der Waals surface area contributed by atoms with E-state index in [1.807, 2.05) is 6.07 Å². The minimum absolute atomic E-state index is 0. The van der Waals surface area contributed by atoms with Gasteiger partial charge in [0.25, 0.3) is 10.1 Å². The van der Waals surface area contributed by atoms with Crippen LogP contribution in [0.2, 0.25) is 0 Å². The molecule has 15 heavy (non-hydrogen) atoms. The van der Waals surface area contributed by atoms with Crippen molar-refractivity contribution >= 4 is 30.8 Å². The van der Waals surface area contributed by atoms with Gasteiger partial charge in [-0.15, -0.1) is 0 Å². The molecule has 3 nitrogen and oxygen atoms in total. The van der Waals surface area contributed by atoms with Crippen LogP contribution in [0.25, 0.3) is 10.8 Å². The van der Waals surface area contributed by atoms with E-state index in [0.717, 1.165) is 5.39 Å². The van der Waals surface area contributed by atoms with Crippen molar-refractivity contribution in [2.45, 2.75) is 4.90 Å². The van der Waals surface area contributed by atoms with E-state index < -0.39 is 10.1 Å². The average molecular weight is 242 g/mol. The van der Waals surface area contributed by atoms with Crippen LogP contribution in [0, 0.1) is 0 Å². The predicted octanol–water partition coefficient (Wildman–Crippen LogP) is 2.14. The second-order valence-corrected chi connectivity index (χ2v) is 4.34. The van der Waals surface area contributed by atoms with Gasteiger partial charge in [-0.05, 0) is 11.5 Å². The fourth-order valence-corrected chi connectivity index (χ4v) is 2.13. The maximum atomic E-state index is 11.0. The molecule has 0 saturated carbocycles. The van der Waals surface area contributed by atoms with Gasteiger partial charge in [-0.25, -0.2) is 0 Å². The summed E-state index contributed by atoms with van der Waals surface area (Å²) in [4.78, 5) is -0.0457. The van der Waals surface area contributed by atoms with Gasteiger partial charge < -0.3 is 0 Å². The second kappa shape index (κ2) is 4.27. The molecule has 0 aliphatic heterocycles. The lowest BCUT2D eigenvalue weighted by molar-refractivity contribution is 0.484. The summed E-state index contributed by atoms with van der Waals surface area (Å²) in [7, 11) is -4.13. The second-order valence-electron chi connectivity index (χ2n) is 2.95. The summed E-state index contributed by atoms with van der Waals surface area (Å²) in [6.07, 6.45) is 0. The van der Waals surface area contributed by atoms with Gasteiger partial charge in [0.15, 0.2) is 0 Å². The van der Waals surface area contributed by atoms with E-state index in [1.165, 1.54) is 6.07 Å². The smallest absolute Gasteiger partial charge is 0.282 e. The SMILES string of the molecule is O=S(=O)(O)c1cccc2ccccc12.P. The molecule has 5 heteroatoms. The van der Waals surface area contributed by atoms with E-state index in [9.17, 15) is 8.42 Å². The molecule has 0 aliphatic rings. The molecular formula is C10H11O3PS. The van der Waals surface area contributed by atoms with Crippen LogP contribution in [0.4, 0.5) is 0 Å². The predicted molar refractivity (Wildman–Crippen MR) is 64.9 cm³/mol. The summed E-state index contributed by atoms with van der Waals surface area (Å²) in [6.45, 7) is 0. The van der Waals surface area contributed by atoms with Crippen molar-refractivity contribution in [1.82, 2.24) is 0 Å². The zero-order valence-electron chi connectivity index (χ0n) is 7.92. The van der Waals surface area contributed by atoms with Crippen LogP contribution < -0.4 is 0 Å². The Balaban J connectivity index is 0.00000112. The van der Waals surface area contributed by atoms with Crippen molar-refractivity contribution in [3.8, 4) is 0 Å². The van der Waals surface area contributed by atoms with Crippen LogP contribution in [-0.2, 0) is 10.1 Å². The minimum Gasteiger partial charge on any atom is -0.282 e. The molecule has 0 amide bonds. The zero-order chi connectivity index (χ0) is 10.2. The van der Waals surface area contributed by atoms with Crippen molar-refractivity contribution in [2.24, 2.45) is 0 Å². The van der Waals surface area contributed by atoms with Crippen molar-refractivity contribution in [3.05, 3.63) is 42.5 Å². The molecule has 0 saturated heterocycles. The average Bonchev–Trinajstić information content (AvgIpc) is 2.15. The van der Waals surface area contributed by atoms with E-state index in [-0.39, 0.29) is 14.8 Å². The lowest BCUT2D eigenvalue weighted by Crippen LogP contribution is -1.98. The summed E-state index contributed by atoms with van der Waals surface area (Å²) >= 11 is 0. The third kappa shape index (κ3) is 2.34. The summed E-state index contributed by atoms with van der Waals surface area (Å²) in [5, 5.41) is 1.33. The minimum atomic E-state index is -4.13. The van der Waals surface area contributed by atoms with Crippen molar-refractivity contribution in [2.75, 3.05) is 0 Å². The van der Waals surface area contributed by atoms with Gasteiger partial charge in [0.2, 0.25) is 0 Å². The maximum absolute atomic E-state index is 11.0. The summed E-state index contributed by atoms with van der Waals surface area (Å²) < 4.78 is 31.0. The molecule has 0 spiro atoms. The van der Waals surface area contributed by atoms with Crippen LogP contribution in [-0.4, -0.2) is 13.0 Å². The van der Waals surface area contributed by atoms with Crippen LogP contribution in [0.1, 0.15) is 0 Å². The highest BCUT2D eigenvalue weighted by atomic mass is 32.2. The van der Waals surface area contributed by atoms with Crippen LogP contribution in [0.5, 0.6) is 0 Å². The Morgan fingerprint density at radius 3 is 2.20 bits per heavy atom. The lowest BCUT2D eigenvalue weighted by Gasteiger charge is -2.02. The van der Waals surface area contributed by atoms with E-state index >= 15 is 0 Å². The van der Waals surface area contributed by atoms with Crippen molar-refractivity contribution < 1.29 is 13.0 Å². The number of fused-ring (bicyclic) bond motifs is 1. The topological polar surface area (TPSA) is 54.4 Å². The van der Waals surface area contributed by atoms with Gasteiger partial charge in [-0.2, -0.15) is 18.3 Å². The van der Waals surface area contributed by atoms with Gasteiger partial charge >= 0.3 is 0 Å². The first-order valence-electron chi connectivity index (χ1n) is 4.04. The van der Waals surface area contributed by atoms with Crippen LogP contribution in [0.15, 0.2) is 47.4 Å². The lowest BCUT2D eigenvalue weighted by atomic mass is 10.1. The van der Waals surface area contributed by atoms with Crippen molar-refractivity contribution in [1.29, 1.82) is 0 Å². The molecule has 2 aromatic rings. The molecule has 80 valence electrons. The Hall–Kier alpha value is -0.960. The number of hydrogen-bond acceptors (Lipinski definition) is 2. The molecule has 0 fully saturated rings. The van der Waals surface area contributed by atoms with Gasteiger partial charge in [0, 0.05) is 5.39 Å². The molecule has 2 aromatic carbocycles.